The fourth-order valence-corrected chi connectivity index (χ4v) is 1.34. The molecule has 1 aliphatic rings. The summed E-state index contributed by atoms with van der Waals surface area (Å²) >= 11 is 0. The van der Waals surface area contributed by atoms with E-state index < -0.39 is 6.17 Å². The van der Waals surface area contributed by atoms with E-state index in [4.69, 9.17) is 5.73 Å². The fraction of sp³-hybridized carbons (Fsp3) is 1.00. The third-order valence-electron chi connectivity index (χ3n) is 1.90. The van der Waals surface area contributed by atoms with Gasteiger partial charge in [0, 0.05) is 6.04 Å². The highest BCUT2D eigenvalue weighted by molar-refractivity contribution is 4.71. The molecule has 0 aromatic heterocycles. The van der Waals surface area contributed by atoms with Crippen LogP contribution in [-0.2, 0) is 0 Å². The molecule has 54 valence electrons. The highest BCUT2D eigenvalue weighted by atomic mass is 19.1. The molecule has 1 saturated carbocycles. The van der Waals surface area contributed by atoms with Crippen LogP contribution in [0.4, 0.5) is 4.39 Å². The Bertz CT molecular complexity index is 75.0. The summed E-state index contributed by atoms with van der Waals surface area (Å²) in [5, 5.41) is 0. The maximum atomic E-state index is 12.6. The van der Waals surface area contributed by atoms with Crippen molar-refractivity contribution in [2.45, 2.75) is 44.3 Å². The predicted octanol–water partition coefficient (Wildman–Crippen LogP) is 1.62. The summed E-state index contributed by atoms with van der Waals surface area (Å²) in [5.41, 5.74) is 5.59. The lowest BCUT2D eigenvalue weighted by Crippen LogP contribution is -2.21. The van der Waals surface area contributed by atoms with Gasteiger partial charge in [0.1, 0.15) is 6.17 Å². The third kappa shape index (κ3) is 2.31. The van der Waals surface area contributed by atoms with Crippen LogP contribution in [0.1, 0.15) is 32.1 Å². The van der Waals surface area contributed by atoms with E-state index >= 15 is 0 Å². The second-order valence-electron chi connectivity index (χ2n) is 2.88. The number of halogens is 1. The van der Waals surface area contributed by atoms with Crippen molar-refractivity contribution in [3.63, 3.8) is 0 Å². The topological polar surface area (TPSA) is 26.0 Å². The average molecular weight is 131 g/mol. The third-order valence-corrected chi connectivity index (χ3v) is 1.90. The summed E-state index contributed by atoms with van der Waals surface area (Å²) in [6, 6.07) is 0.127. The van der Waals surface area contributed by atoms with Gasteiger partial charge in [0.05, 0.1) is 0 Å². The van der Waals surface area contributed by atoms with E-state index in [9.17, 15) is 4.39 Å². The Morgan fingerprint density at radius 3 is 2.67 bits per heavy atom. The molecule has 1 rings (SSSR count). The molecule has 0 aromatic rings. The molecular weight excluding hydrogens is 117 g/mol. The molecule has 0 spiro atoms. The lowest BCUT2D eigenvalue weighted by atomic mass is 10.1. The van der Waals surface area contributed by atoms with Crippen molar-refractivity contribution < 1.29 is 4.39 Å². The summed E-state index contributed by atoms with van der Waals surface area (Å²) in [5.74, 6) is 0. The molecule has 0 bridgehead atoms. The van der Waals surface area contributed by atoms with Gasteiger partial charge in [-0.05, 0) is 19.3 Å². The Balaban J connectivity index is 2.29. The second-order valence-corrected chi connectivity index (χ2v) is 2.88. The minimum absolute atomic E-state index is 0.127. The largest absolute Gasteiger partial charge is 0.328 e. The summed E-state index contributed by atoms with van der Waals surface area (Å²) in [7, 11) is 0. The summed E-state index contributed by atoms with van der Waals surface area (Å²) < 4.78 is 12.6. The molecule has 0 saturated heterocycles. The minimum Gasteiger partial charge on any atom is -0.328 e. The van der Waals surface area contributed by atoms with Gasteiger partial charge in [-0.1, -0.05) is 12.8 Å². The lowest BCUT2D eigenvalue weighted by molar-refractivity contribution is 0.290. The molecule has 0 aliphatic heterocycles. The molecule has 1 nitrogen and oxygen atoms in total. The molecule has 9 heavy (non-hydrogen) atoms. The van der Waals surface area contributed by atoms with E-state index in [1.54, 1.807) is 0 Å². The van der Waals surface area contributed by atoms with Crippen molar-refractivity contribution in [3.8, 4) is 0 Å². The standard InChI is InChI=1S/C7H14FN/c8-6-3-1-2-4-7(9)5-6/h6-7H,1-5,9H2/t6-,7-/m1/s1. The van der Waals surface area contributed by atoms with Crippen LogP contribution in [0.3, 0.4) is 0 Å². The maximum Gasteiger partial charge on any atom is 0.102 e. The second kappa shape index (κ2) is 3.16. The summed E-state index contributed by atoms with van der Waals surface area (Å²) in [6.07, 6.45) is 3.84. The van der Waals surface area contributed by atoms with Gasteiger partial charge in [-0.2, -0.15) is 0 Å². The van der Waals surface area contributed by atoms with E-state index in [1.165, 1.54) is 0 Å². The van der Waals surface area contributed by atoms with Crippen LogP contribution in [0.5, 0.6) is 0 Å². The zero-order valence-electron chi connectivity index (χ0n) is 5.65. The quantitative estimate of drug-likeness (QED) is 0.497. The van der Waals surface area contributed by atoms with Crippen LogP contribution in [0.25, 0.3) is 0 Å². The van der Waals surface area contributed by atoms with Gasteiger partial charge in [-0.3, -0.25) is 0 Å². The van der Waals surface area contributed by atoms with Gasteiger partial charge in [-0.15, -0.1) is 0 Å². The van der Waals surface area contributed by atoms with Crippen LogP contribution < -0.4 is 5.73 Å². The molecular formula is C7H14FN. The van der Waals surface area contributed by atoms with Gasteiger partial charge < -0.3 is 5.73 Å². The van der Waals surface area contributed by atoms with Gasteiger partial charge in [-0.25, -0.2) is 4.39 Å². The first kappa shape index (κ1) is 7.00. The normalized spacial score (nSPS) is 38.0. The molecule has 2 heteroatoms. The molecule has 0 unspecified atom stereocenters. The van der Waals surface area contributed by atoms with Crippen molar-refractivity contribution in [2.75, 3.05) is 0 Å². The Labute approximate surface area is 55.4 Å². The van der Waals surface area contributed by atoms with E-state index in [-0.39, 0.29) is 6.04 Å². The fourth-order valence-electron chi connectivity index (χ4n) is 1.34. The Hall–Kier alpha value is -0.110. The van der Waals surface area contributed by atoms with Crippen molar-refractivity contribution in [1.82, 2.24) is 0 Å². The van der Waals surface area contributed by atoms with Crippen LogP contribution in [0, 0.1) is 0 Å². The molecule has 1 aliphatic carbocycles. The molecule has 0 amide bonds. The number of hydrogen-bond donors (Lipinski definition) is 1. The zero-order valence-corrected chi connectivity index (χ0v) is 5.65. The first-order valence-electron chi connectivity index (χ1n) is 3.68. The van der Waals surface area contributed by atoms with E-state index in [0.717, 1.165) is 25.7 Å². The van der Waals surface area contributed by atoms with Crippen molar-refractivity contribution in [3.05, 3.63) is 0 Å². The highest BCUT2D eigenvalue weighted by Gasteiger charge is 2.15. The Morgan fingerprint density at radius 1 is 1.22 bits per heavy atom. The molecule has 2 atom stereocenters. The lowest BCUT2D eigenvalue weighted by Gasteiger charge is -2.07. The zero-order chi connectivity index (χ0) is 6.69. The first-order chi connectivity index (χ1) is 4.29. The molecule has 0 heterocycles. The monoisotopic (exact) mass is 131 g/mol. The predicted molar refractivity (Wildman–Crippen MR) is 36.0 cm³/mol. The van der Waals surface area contributed by atoms with E-state index in [1.807, 2.05) is 0 Å². The summed E-state index contributed by atoms with van der Waals surface area (Å²) in [4.78, 5) is 0. The van der Waals surface area contributed by atoms with Crippen LogP contribution in [0.2, 0.25) is 0 Å². The molecule has 1 fully saturated rings. The van der Waals surface area contributed by atoms with Crippen LogP contribution >= 0.6 is 0 Å². The number of nitrogens with two attached hydrogens (primary N) is 1. The molecule has 0 radical (unpaired) electrons. The molecule has 0 aromatic carbocycles. The van der Waals surface area contributed by atoms with Crippen LogP contribution in [-0.4, -0.2) is 12.2 Å². The van der Waals surface area contributed by atoms with Gasteiger partial charge in [0.2, 0.25) is 0 Å². The van der Waals surface area contributed by atoms with Crippen LogP contribution in [0.15, 0.2) is 0 Å². The Morgan fingerprint density at radius 2 is 1.89 bits per heavy atom. The van der Waals surface area contributed by atoms with Gasteiger partial charge in [0.25, 0.3) is 0 Å². The van der Waals surface area contributed by atoms with Gasteiger partial charge in [0.15, 0.2) is 0 Å². The smallest absolute Gasteiger partial charge is 0.102 e. The van der Waals surface area contributed by atoms with E-state index in [2.05, 4.69) is 0 Å². The minimum atomic E-state index is -0.623. The van der Waals surface area contributed by atoms with Crippen molar-refractivity contribution in [1.29, 1.82) is 0 Å². The average Bonchev–Trinajstić information content (AvgIpc) is 1.93. The molecule has 2 N–H and O–H groups in total. The van der Waals surface area contributed by atoms with Crippen molar-refractivity contribution in [2.24, 2.45) is 5.73 Å². The number of hydrogen-bond acceptors (Lipinski definition) is 1. The maximum absolute atomic E-state index is 12.6. The Kier molecular flexibility index (Phi) is 2.46. The highest BCUT2D eigenvalue weighted by Crippen LogP contribution is 2.18. The van der Waals surface area contributed by atoms with E-state index in [0.29, 0.717) is 6.42 Å². The number of alkyl halides is 1. The first-order valence-corrected chi connectivity index (χ1v) is 3.68. The number of rotatable bonds is 0. The van der Waals surface area contributed by atoms with Crippen molar-refractivity contribution >= 4 is 0 Å². The van der Waals surface area contributed by atoms with Gasteiger partial charge >= 0.3 is 0 Å². The SMILES string of the molecule is N[C@@H]1CCCC[C@@H](F)C1. The summed E-state index contributed by atoms with van der Waals surface area (Å²) in [6.45, 7) is 0.